The highest BCUT2D eigenvalue weighted by Gasteiger charge is 2.18. The average molecular weight is 357 g/mol. The largest absolute Gasteiger partial charge is 0.493 e. The second-order valence-electron chi connectivity index (χ2n) is 5.44. The van der Waals surface area contributed by atoms with Crippen molar-refractivity contribution in [2.75, 3.05) is 12.9 Å². The van der Waals surface area contributed by atoms with E-state index in [-0.39, 0.29) is 17.9 Å². The van der Waals surface area contributed by atoms with Crippen molar-refractivity contribution < 1.29 is 27.9 Å². The number of carboxylic acids is 1. The number of carbonyl (C=O) groups excluding carboxylic acids is 1. The molecule has 0 spiro atoms. The first-order valence-electron chi connectivity index (χ1n) is 7.69. The van der Waals surface area contributed by atoms with Crippen LogP contribution in [-0.4, -0.2) is 44.3 Å². The van der Waals surface area contributed by atoms with Crippen LogP contribution in [0.5, 0.6) is 5.75 Å². The molecule has 8 heteroatoms. The number of hydrogen-bond donors (Lipinski definition) is 2. The summed E-state index contributed by atoms with van der Waals surface area (Å²) in [5.41, 5.74) is 0. The molecule has 1 amide bonds. The number of carbonyl (C=O) groups is 2. The Hall–Kier alpha value is -2.09. The van der Waals surface area contributed by atoms with Crippen LogP contribution in [-0.2, 0) is 19.4 Å². The summed E-state index contributed by atoms with van der Waals surface area (Å²) in [6, 6.07) is 4.99. The second kappa shape index (κ2) is 9.27. The Bertz CT molecular complexity index is 654. The van der Waals surface area contributed by atoms with E-state index < -0.39 is 27.8 Å². The molecule has 0 bridgehead atoms. The van der Waals surface area contributed by atoms with Crippen molar-refractivity contribution in [3.05, 3.63) is 24.3 Å². The Morgan fingerprint density at radius 3 is 2.38 bits per heavy atom. The molecule has 134 valence electrons. The molecule has 0 saturated heterocycles. The molecule has 0 heterocycles. The third-order valence-corrected chi connectivity index (χ3v) is 4.46. The molecule has 0 saturated carbocycles. The lowest BCUT2D eigenvalue weighted by atomic mass is 10.1. The Morgan fingerprint density at radius 1 is 1.25 bits per heavy atom. The van der Waals surface area contributed by atoms with Gasteiger partial charge in [-0.05, 0) is 30.7 Å². The van der Waals surface area contributed by atoms with Crippen LogP contribution in [0.1, 0.15) is 32.6 Å². The van der Waals surface area contributed by atoms with Gasteiger partial charge >= 0.3 is 5.97 Å². The Kier molecular flexibility index (Phi) is 7.70. The van der Waals surface area contributed by atoms with Gasteiger partial charge in [-0.2, -0.15) is 0 Å². The van der Waals surface area contributed by atoms with Gasteiger partial charge in [0, 0.05) is 6.26 Å². The van der Waals surface area contributed by atoms with Crippen molar-refractivity contribution in [1.82, 2.24) is 5.32 Å². The third kappa shape index (κ3) is 6.99. The van der Waals surface area contributed by atoms with Crippen molar-refractivity contribution in [2.24, 2.45) is 0 Å². The van der Waals surface area contributed by atoms with E-state index in [9.17, 15) is 18.0 Å². The molecule has 0 fully saturated rings. The van der Waals surface area contributed by atoms with Gasteiger partial charge in [-0.15, -0.1) is 0 Å². The fraction of sp³-hybridized carbons (Fsp3) is 0.500. The first kappa shape index (κ1) is 20.0. The van der Waals surface area contributed by atoms with Crippen LogP contribution in [0.3, 0.4) is 0 Å². The van der Waals surface area contributed by atoms with E-state index in [0.29, 0.717) is 12.2 Å². The van der Waals surface area contributed by atoms with Crippen molar-refractivity contribution in [1.29, 1.82) is 0 Å². The van der Waals surface area contributed by atoms with Gasteiger partial charge in [-0.25, -0.2) is 13.2 Å². The van der Waals surface area contributed by atoms with Gasteiger partial charge in [-0.1, -0.05) is 19.8 Å². The number of unbranched alkanes of at least 4 members (excludes halogenated alkanes) is 1. The van der Waals surface area contributed by atoms with E-state index in [4.69, 9.17) is 9.84 Å². The number of ether oxygens (including phenoxy) is 1. The molecule has 1 unspecified atom stereocenters. The Labute approximate surface area is 141 Å². The number of carboxylic acid groups (broad SMARTS) is 1. The minimum Gasteiger partial charge on any atom is -0.493 e. The SMILES string of the molecule is CCCCC(NC(=O)CCOc1ccc(S(C)(=O)=O)cc1)C(=O)O. The monoisotopic (exact) mass is 357 g/mol. The first-order valence-corrected chi connectivity index (χ1v) is 9.58. The molecule has 2 N–H and O–H groups in total. The molecule has 1 rings (SSSR count). The van der Waals surface area contributed by atoms with Gasteiger partial charge in [0.2, 0.25) is 5.91 Å². The maximum Gasteiger partial charge on any atom is 0.326 e. The summed E-state index contributed by atoms with van der Waals surface area (Å²) in [6.07, 6.45) is 3.10. The summed E-state index contributed by atoms with van der Waals surface area (Å²) in [5, 5.41) is 11.5. The number of rotatable bonds is 10. The number of amides is 1. The van der Waals surface area contributed by atoms with Gasteiger partial charge in [0.15, 0.2) is 9.84 Å². The average Bonchev–Trinajstić information content (AvgIpc) is 2.50. The highest BCUT2D eigenvalue weighted by atomic mass is 32.2. The van der Waals surface area contributed by atoms with Gasteiger partial charge in [0.1, 0.15) is 11.8 Å². The number of hydrogen-bond acceptors (Lipinski definition) is 5. The molecule has 24 heavy (non-hydrogen) atoms. The molecule has 0 aliphatic carbocycles. The quantitative estimate of drug-likeness (QED) is 0.658. The van der Waals surface area contributed by atoms with Crippen LogP contribution in [0.15, 0.2) is 29.2 Å². The summed E-state index contributed by atoms with van der Waals surface area (Å²) in [5.74, 6) is -1.00. The van der Waals surface area contributed by atoms with Crippen molar-refractivity contribution in [2.45, 2.75) is 43.5 Å². The highest BCUT2D eigenvalue weighted by Crippen LogP contribution is 2.15. The summed E-state index contributed by atoms with van der Waals surface area (Å²) < 4.78 is 28.0. The molecule has 1 aromatic rings. The van der Waals surface area contributed by atoms with Crippen LogP contribution in [0, 0.1) is 0 Å². The molecular formula is C16H23NO6S. The zero-order valence-electron chi connectivity index (χ0n) is 13.8. The fourth-order valence-corrected chi connectivity index (χ4v) is 2.61. The predicted octanol–water partition coefficient (Wildman–Crippen LogP) is 1.62. The maximum atomic E-state index is 11.8. The highest BCUT2D eigenvalue weighted by molar-refractivity contribution is 7.90. The second-order valence-corrected chi connectivity index (χ2v) is 7.46. The zero-order chi connectivity index (χ0) is 18.2. The minimum absolute atomic E-state index is 0.0176. The summed E-state index contributed by atoms with van der Waals surface area (Å²) in [6.45, 7) is 2.02. The number of benzene rings is 1. The van der Waals surface area contributed by atoms with Crippen molar-refractivity contribution in [3.8, 4) is 5.75 Å². The van der Waals surface area contributed by atoms with Gasteiger partial charge in [0.05, 0.1) is 17.9 Å². The lowest BCUT2D eigenvalue weighted by Gasteiger charge is -2.14. The molecule has 0 aromatic heterocycles. The number of aliphatic carboxylic acids is 1. The standard InChI is InChI=1S/C16H23NO6S/c1-3-4-5-14(16(19)20)17-15(18)10-11-23-12-6-8-13(9-7-12)24(2,21)22/h6-9,14H,3-5,10-11H2,1-2H3,(H,17,18)(H,19,20). The van der Waals surface area contributed by atoms with E-state index in [0.717, 1.165) is 19.1 Å². The fourth-order valence-electron chi connectivity index (χ4n) is 1.98. The van der Waals surface area contributed by atoms with Gasteiger partial charge in [-0.3, -0.25) is 4.79 Å². The van der Waals surface area contributed by atoms with Crippen LogP contribution < -0.4 is 10.1 Å². The van der Waals surface area contributed by atoms with Crippen molar-refractivity contribution >= 4 is 21.7 Å². The minimum atomic E-state index is -3.26. The summed E-state index contributed by atoms with van der Waals surface area (Å²) in [4.78, 5) is 23.0. The number of sulfone groups is 1. The maximum absolute atomic E-state index is 11.8. The Balaban J connectivity index is 2.43. The first-order chi connectivity index (χ1) is 11.2. The predicted molar refractivity (Wildman–Crippen MR) is 88.8 cm³/mol. The van der Waals surface area contributed by atoms with E-state index in [1.165, 1.54) is 24.3 Å². The summed E-state index contributed by atoms with van der Waals surface area (Å²) in [7, 11) is -3.26. The van der Waals surface area contributed by atoms with Gasteiger partial charge in [0.25, 0.3) is 0 Å². The van der Waals surface area contributed by atoms with Crippen LogP contribution in [0.2, 0.25) is 0 Å². The topological polar surface area (TPSA) is 110 Å². The molecule has 0 radical (unpaired) electrons. The molecule has 1 atom stereocenters. The van der Waals surface area contributed by atoms with Crippen LogP contribution in [0.25, 0.3) is 0 Å². The molecule has 7 nitrogen and oxygen atoms in total. The number of nitrogens with one attached hydrogen (secondary N) is 1. The molecular weight excluding hydrogens is 334 g/mol. The van der Waals surface area contributed by atoms with Crippen LogP contribution >= 0.6 is 0 Å². The third-order valence-electron chi connectivity index (χ3n) is 3.33. The lowest BCUT2D eigenvalue weighted by Crippen LogP contribution is -2.41. The van der Waals surface area contributed by atoms with Gasteiger partial charge < -0.3 is 15.2 Å². The molecule has 0 aliphatic rings. The molecule has 0 aliphatic heterocycles. The van der Waals surface area contributed by atoms with Crippen molar-refractivity contribution in [3.63, 3.8) is 0 Å². The smallest absolute Gasteiger partial charge is 0.326 e. The van der Waals surface area contributed by atoms with E-state index in [1.54, 1.807) is 0 Å². The summed E-state index contributed by atoms with van der Waals surface area (Å²) >= 11 is 0. The zero-order valence-corrected chi connectivity index (χ0v) is 14.6. The Morgan fingerprint density at radius 2 is 1.88 bits per heavy atom. The lowest BCUT2D eigenvalue weighted by molar-refractivity contribution is -0.142. The molecule has 1 aromatic carbocycles. The normalized spacial score (nSPS) is 12.4. The van der Waals surface area contributed by atoms with E-state index in [1.807, 2.05) is 6.92 Å². The van der Waals surface area contributed by atoms with E-state index >= 15 is 0 Å². The van der Waals surface area contributed by atoms with E-state index in [2.05, 4.69) is 5.32 Å². The van der Waals surface area contributed by atoms with Crippen LogP contribution in [0.4, 0.5) is 0 Å².